The van der Waals surface area contributed by atoms with Crippen LogP contribution in [-0.4, -0.2) is 13.1 Å². The first-order valence-electron chi connectivity index (χ1n) is 7.73. The molecule has 1 fully saturated rings. The molecule has 0 atom stereocenters. The summed E-state index contributed by atoms with van der Waals surface area (Å²) in [5.41, 5.74) is 4.70. The van der Waals surface area contributed by atoms with Crippen molar-refractivity contribution in [1.82, 2.24) is 0 Å². The van der Waals surface area contributed by atoms with Crippen LogP contribution in [-0.2, 0) is 16.1 Å². The molecule has 0 radical (unpaired) electrons. The maximum Gasteiger partial charge on any atom is 0.293 e. The summed E-state index contributed by atoms with van der Waals surface area (Å²) in [6, 6.07) is 14.6. The normalized spacial score (nSPS) is 13.7. The zero-order chi connectivity index (χ0) is 15.4. The number of rotatable bonds is 7. The maximum atomic E-state index is 10.5. The summed E-state index contributed by atoms with van der Waals surface area (Å²) in [6.07, 6.45) is 2.45. The van der Waals surface area contributed by atoms with Crippen molar-refractivity contribution >= 4 is 6.47 Å². The quantitative estimate of drug-likeness (QED) is 0.714. The summed E-state index contributed by atoms with van der Waals surface area (Å²) in [5.74, 6) is 1.41. The Kier molecular flexibility index (Phi) is 4.42. The van der Waals surface area contributed by atoms with Gasteiger partial charge in [0.2, 0.25) is 0 Å². The minimum atomic E-state index is 0.258. The Balaban J connectivity index is 2.07. The van der Waals surface area contributed by atoms with Gasteiger partial charge in [-0.05, 0) is 54.5 Å². The molecule has 0 saturated heterocycles. The molecule has 0 spiro atoms. The third-order valence-corrected chi connectivity index (χ3v) is 3.94. The van der Waals surface area contributed by atoms with E-state index in [2.05, 4.69) is 36.4 Å². The monoisotopic (exact) mass is 296 g/mol. The molecule has 0 heterocycles. The molecule has 2 aromatic carbocycles. The van der Waals surface area contributed by atoms with Gasteiger partial charge in [0.1, 0.15) is 12.4 Å². The number of carbonyl (C=O) groups excluding carboxylic acids is 1. The van der Waals surface area contributed by atoms with Crippen molar-refractivity contribution < 1.29 is 14.3 Å². The largest absolute Gasteiger partial charge is 0.493 e. The highest BCUT2D eigenvalue weighted by Crippen LogP contribution is 2.46. The lowest BCUT2D eigenvalue weighted by Crippen LogP contribution is -2.01. The van der Waals surface area contributed by atoms with Crippen molar-refractivity contribution in [3.05, 3.63) is 53.6 Å². The molecule has 0 N–H and O–H groups in total. The van der Waals surface area contributed by atoms with Gasteiger partial charge in [-0.3, -0.25) is 4.79 Å². The molecular formula is C19H20O3. The molecule has 0 unspecified atom stereocenters. The SMILES string of the molecule is CCOc1cc(-c2ccccc2)c(C2CC2)cc1COC=O. The van der Waals surface area contributed by atoms with Gasteiger partial charge < -0.3 is 9.47 Å². The van der Waals surface area contributed by atoms with Gasteiger partial charge in [-0.15, -0.1) is 0 Å². The van der Waals surface area contributed by atoms with Crippen molar-refractivity contribution in [2.24, 2.45) is 0 Å². The predicted octanol–water partition coefficient (Wildman–Crippen LogP) is 4.30. The Bertz CT molecular complexity index is 645. The van der Waals surface area contributed by atoms with Gasteiger partial charge in [-0.1, -0.05) is 30.3 Å². The van der Waals surface area contributed by atoms with Crippen molar-refractivity contribution in [3.8, 4) is 16.9 Å². The zero-order valence-corrected chi connectivity index (χ0v) is 12.7. The average molecular weight is 296 g/mol. The van der Waals surface area contributed by atoms with E-state index in [1.807, 2.05) is 13.0 Å². The fraction of sp³-hybridized carbons (Fsp3) is 0.316. The van der Waals surface area contributed by atoms with Gasteiger partial charge in [-0.2, -0.15) is 0 Å². The number of hydrogen-bond donors (Lipinski definition) is 0. The summed E-state index contributed by atoms with van der Waals surface area (Å²) in [5, 5.41) is 0. The lowest BCUT2D eigenvalue weighted by Gasteiger charge is -2.16. The predicted molar refractivity (Wildman–Crippen MR) is 85.9 cm³/mol. The van der Waals surface area contributed by atoms with Gasteiger partial charge in [-0.25, -0.2) is 0 Å². The van der Waals surface area contributed by atoms with Crippen molar-refractivity contribution in [3.63, 3.8) is 0 Å². The summed E-state index contributed by atoms with van der Waals surface area (Å²) in [7, 11) is 0. The Morgan fingerprint density at radius 1 is 1.18 bits per heavy atom. The molecule has 1 saturated carbocycles. The van der Waals surface area contributed by atoms with Gasteiger partial charge in [0.15, 0.2) is 0 Å². The molecule has 2 aromatic rings. The summed E-state index contributed by atoms with van der Waals surface area (Å²) in [6.45, 7) is 3.29. The van der Waals surface area contributed by atoms with Crippen LogP contribution in [0.5, 0.6) is 5.75 Å². The summed E-state index contributed by atoms with van der Waals surface area (Å²) >= 11 is 0. The van der Waals surface area contributed by atoms with Crippen LogP contribution in [0.2, 0.25) is 0 Å². The van der Waals surface area contributed by atoms with Crippen LogP contribution in [0, 0.1) is 0 Å². The van der Waals surface area contributed by atoms with E-state index in [0.717, 1.165) is 11.3 Å². The topological polar surface area (TPSA) is 35.5 Å². The van der Waals surface area contributed by atoms with Gasteiger partial charge in [0.25, 0.3) is 6.47 Å². The maximum absolute atomic E-state index is 10.5. The third-order valence-electron chi connectivity index (χ3n) is 3.94. The Morgan fingerprint density at radius 2 is 1.95 bits per heavy atom. The van der Waals surface area contributed by atoms with E-state index in [0.29, 0.717) is 19.0 Å². The van der Waals surface area contributed by atoms with Crippen LogP contribution >= 0.6 is 0 Å². The van der Waals surface area contributed by atoms with Crippen LogP contribution < -0.4 is 4.74 Å². The van der Waals surface area contributed by atoms with Crippen molar-refractivity contribution in [2.45, 2.75) is 32.3 Å². The minimum Gasteiger partial charge on any atom is -0.493 e. The number of ether oxygens (including phenoxy) is 2. The van der Waals surface area contributed by atoms with E-state index >= 15 is 0 Å². The summed E-state index contributed by atoms with van der Waals surface area (Å²) in [4.78, 5) is 10.5. The molecule has 1 aliphatic carbocycles. The van der Waals surface area contributed by atoms with E-state index in [-0.39, 0.29) is 6.61 Å². The Labute approximate surface area is 130 Å². The minimum absolute atomic E-state index is 0.258. The van der Waals surface area contributed by atoms with E-state index in [4.69, 9.17) is 9.47 Å². The Morgan fingerprint density at radius 3 is 2.59 bits per heavy atom. The first kappa shape index (κ1) is 14.6. The van der Waals surface area contributed by atoms with Crippen molar-refractivity contribution in [1.29, 1.82) is 0 Å². The van der Waals surface area contributed by atoms with Gasteiger partial charge >= 0.3 is 0 Å². The fourth-order valence-corrected chi connectivity index (χ4v) is 2.77. The summed E-state index contributed by atoms with van der Waals surface area (Å²) < 4.78 is 10.7. The van der Waals surface area contributed by atoms with Crippen LogP contribution in [0.3, 0.4) is 0 Å². The third kappa shape index (κ3) is 3.14. The first-order chi connectivity index (χ1) is 10.8. The van der Waals surface area contributed by atoms with Gasteiger partial charge in [0.05, 0.1) is 6.61 Å². The first-order valence-corrected chi connectivity index (χ1v) is 7.73. The standard InChI is InChI=1S/C19H20O3/c1-2-22-19-11-18(14-6-4-3-5-7-14)17(15-8-9-15)10-16(19)12-21-13-20/h3-7,10-11,13,15H,2,8-9,12H2,1H3. The molecule has 22 heavy (non-hydrogen) atoms. The molecule has 0 bridgehead atoms. The molecule has 3 nitrogen and oxygen atoms in total. The number of carbonyl (C=O) groups is 1. The Hall–Kier alpha value is -2.29. The number of benzene rings is 2. The number of hydrogen-bond acceptors (Lipinski definition) is 3. The van der Waals surface area contributed by atoms with Crippen LogP contribution in [0.25, 0.3) is 11.1 Å². The highest BCUT2D eigenvalue weighted by molar-refractivity contribution is 5.71. The van der Waals surface area contributed by atoms with Crippen LogP contribution in [0.1, 0.15) is 36.8 Å². The second kappa shape index (κ2) is 6.65. The lowest BCUT2D eigenvalue weighted by atomic mass is 9.94. The molecule has 3 heteroatoms. The molecular weight excluding hydrogens is 276 g/mol. The van der Waals surface area contributed by atoms with E-state index in [9.17, 15) is 4.79 Å². The molecule has 0 aromatic heterocycles. The lowest BCUT2D eigenvalue weighted by molar-refractivity contribution is -0.129. The zero-order valence-electron chi connectivity index (χ0n) is 12.7. The van der Waals surface area contributed by atoms with Crippen molar-refractivity contribution in [2.75, 3.05) is 6.61 Å². The van der Waals surface area contributed by atoms with Crippen LogP contribution in [0.4, 0.5) is 0 Å². The second-order valence-corrected chi connectivity index (χ2v) is 5.53. The average Bonchev–Trinajstić information content (AvgIpc) is 3.39. The van der Waals surface area contributed by atoms with E-state index < -0.39 is 0 Å². The van der Waals surface area contributed by atoms with E-state index in [1.165, 1.54) is 29.5 Å². The fourth-order valence-electron chi connectivity index (χ4n) is 2.77. The van der Waals surface area contributed by atoms with Crippen LogP contribution in [0.15, 0.2) is 42.5 Å². The highest BCUT2D eigenvalue weighted by Gasteiger charge is 2.28. The smallest absolute Gasteiger partial charge is 0.293 e. The second-order valence-electron chi connectivity index (χ2n) is 5.53. The molecule has 3 rings (SSSR count). The molecule has 1 aliphatic rings. The molecule has 114 valence electrons. The highest BCUT2D eigenvalue weighted by atomic mass is 16.5. The van der Waals surface area contributed by atoms with Gasteiger partial charge in [0, 0.05) is 5.56 Å². The molecule has 0 aliphatic heterocycles. The van der Waals surface area contributed by atoms with E-state index in [1.54, 1.807) is 0 Å². The molecule has 0 amide bonds.